The zero-order valence-electron chi connectivity index (χ0n) is 7.95. The molecule has 72 valence electrons. The second-order valence-electron chi connectivity index (χ2n) is 2.20. The molecule has 0 rings (SSSR count). The standard InChI is InChI=1S/C8H17O2PS/c1-4-10-11(9,5-2)7-8-12-6-3/h7-8H,4-6H2,1-3H3/b8-7+. The maximum absolute atomic E-state index is 11.7. The van der Waals surface area contributed by atoms with Crippen molar-refractivity contribution < 1.29 is 9.09 Å². The SMILES string of the molecule is CCOP(=O)(/C=C/SCC)CC. The van der Waals surface area contributed by atoms with Crippen molar-refractivity contribution in [3.63, 3.8) is 0 Å². The number of rotatable bonds is 6. The van der Waals surface area contributed by atoms with E-state index in [4.69, 9.17) is 4.52 Å². The van der Waals surface area contributed by atoms with E-state index in [-0.39, 0.29) is 0 Å². The Labute approximate surface area is 79.2 Å². The molecule has 0 amide bonds. The van der Waals surface area contributed by atoms with Crippen molar-refractivity contribution in [2.75, 3.05) is 18.5 Å². The van der Waals surface area contributed by atoms with Crippen LogP contribution in [0.4, 0.5) is 0 Å². The summed E-state index contributed by atoms with van der Waals surface area (Å²) in [6, 6.07) is 0. The van der Waals surface area contributed by atoms with Crippen LogP contribution in [0.1, 0.15) is 20.8 Å². The molecule has 4 heteroatoms. The monoisotopic (exact) mass is 208 g/mol. The minimum atomic E-state index is -2.43. The first-order chi connectivity index (χ1) is 5.68. The Balaban J connectivity index is 4.04. The van der Waals surface area contributed by atoms with E-state index in [1.165, 1.54) is 0 Å². The zero-order valence-corrected chi connectivity index (χ0v) is 9.66. The minimum Gasteiger partial charge on any atom is -0.326 e. The predicted octanol–water partition coefficient (Wildman–Crippen LogP) is 3.55. The van der Waals surface area contributed by atoms with E-state index in [9.17, 15) is 4.57 Å². The van der Waals surface area contributed by atoms with Crippen LogP contribution in [0.15, 0.2) is 11.2 Å². The smallest absolute Gasteiger partial charge is 0.225 e. The van der Waals surface area contributed by atoms with Gasteiger partial charge in [-0.1, -0.05) is 13.8 Å². The van der Waals surface area contributed by atoms with Gasteiger partial charge in [-0.15, -0.1) is 11.8 Å². The fourth-order valence-electron chi connectivity index (χ4n) is 0.690. The van der Waals surface area contributed by atoms with Crippen molar-refractivity contribution in [2.24, 2.45) is 0 Å². The van der Waals surface area contributed by atoms with Gasteiger partial charge in [0, 0.05) is 12.0 Å². The Kier molecular flexibility index (Phi) is 6.92. The third-order valence-electron chi connectivity index (χ3n) is 1.34. The summed E-state index contributed by atoms with van der Waals surface area (Å²) in [6.45, 7) is 6.33. The third kappa shape index (κ3) is 5.02. The molecule has 0 saturated carbocycles. The van der Waals surface area contributed by atoms with Gasteiger partial charge in [0.05, 0.1) is 6.61 Å². The lowest BCUT2D eigenvalue weighted by molar-refractivity contribution is 0.341. The molecular formula is C8H17O2PS. The molecule has 0 aliphatic rings. The average molecular weight is 208 g/mol. The Bertz CT molecular complexity index is 180. The largest absolute Gasteiger partial charge is 0.326 e. The number of hydrogen-bond donors (Lipinski definition) is 0. The van der Waals surface area contributed by atoms with Gasteiger partial charge in [0.2, 0.25) is 7.37 Å². The molecule has 0 radical (unpaired) electrons. The normalized spacial score (nSPS) is 16.6. The van der Waals surface area contributed by atoms with Gasteiger partial charge in [0.1, 0.15) is 0 Å². The van der Waals surface area contributed by atoms with E-state index in [1.54, 1.807) is 17.6 Å². The van der Waals surface area contributed by atoms with E-state index in [1.807, 2.05) is 19.3 Å². The maximum atomic E-state index is 11.7. The minimum absolute atomic E-state index is 0.520. The quantitative estimate of drug-likeness (QED) is 0.624. The average Bonchev–Trinajstić information content (AvgIpc) is 2.06. The molecule has 0 N–H and O–H groups in total. The van der Waals surface area contributed by atoms with E-state index in [0.717, 1.165) is 5.75 Å². The highest BCUT2D eigenvalue weighted by molar-refractivity contribution is 8.02. The molecule has 0 heterocycles. The molecule has 0 aromatic carbocycles. The first kappa shape index (κ1) is 12.3. The summed E-state index contributed by atoms with van der Waals surface area (Å²) in [4.78, 5) is 0. The summed E-state index contributed by atoms with van der Waals surface area (Å²) in [5.74, 6) is 2.72. The molecule has 1 atom stereocenters. The zero-order chi connectivity index (χ0) is 9.45. The lowest BCUT2D eigenvalue weighted by atomic mass is 10.9. The molecular weight excluding hydrogens is 191 g/mol. The van der Waals surface area contributed by atoms with E-state index < -0.39 is 7.37 Å². The van der Waals surface area contributed by atoms with Crippen LogP contribution in [0.3, 0.4) is 0 Å². The maximum Gasteiger partial charge on any atom is 0.225 e. The highest BCUT2D eigenvalue weighted by Gasteiger charge is 2.14. The highest BCUT2D eigenvalue weighted by atomic mass is 32.2. The Hall–Kier alpha value is 0.280. The number of thioether (sulfide) groups is 1. The molecule has 0 aliphatic heterocycles. The van der Waals surface area contributed by atoms with E-state index in [0.29, 0.717) is 12.8 Å². The molecule has 1 unspecified atom stereocenters. The van der Waals surface area contributed by atoms with Crippen molar-refractivity contribution in [1.82, 2.24) is 0 Å². The number of hydrogen-bond acceptors (Lipinski definition) is 3. The topological polar surface area (TPSA) is 26.3 Å². The van der Waals surface area contributed by atoms with Crippen molar-refractivity contribution in [3.05, 3.63) is 11.2 Å². The van der Waals surface area contributed by atoms with Crippen LogP contribution in [-0.4, -0.2) is 18.5 Å². The highest BCUT2D eigenvalue weighted by Crippen LogP contribution is 2.48. The van der Waals surface area contributed by atoms with Gasteiger partial charge in [0.15, 0.2) is 0 Å². The van der Waals surface area contributed by atoms with Gasteiger partial charge in [-0.3, -0.25) is 4.57 Å². The molecule has 0 spiro atoms. The molecule has 0 aromatic heterocycles. The van der Waals surface area contributed by atoms with Crippen LogP contribution < -0.4 is 0 Å². The first-order valence-electron chi connectivity index (χ1n) is 4.21. The molecule has 0 aliphatic carbocycles. The van der Waals surface area contributed by atoms with Crippen LogP contribution in [0, 0.1) is 0 Å². The van der Waals surface area contributed by atoms with Crippen molar-refractivity contribution >= 4 is 19.1 Å². The summed E-state index contributed by atoms with van der Waals surface area (Å²) in [5.41, 5.74) is 0. The fourth-order valence-corrected chi connectivity index (χ4v) is 2.89. The fraction of sp³-hybridized carbons (Fsp3) is 0.750. The summed E-state index contributed by atoms with van der Waals surface area (Å²) < 4.78 is 16.9. The molecule has 0 fully saturated rings. The van der Waals surface area contributed by atoms with E-state index >= 15 is 0 Å². The lowest BCUT2D eigenvalue weighted by Crippen LogP contribution is -1.88. The van der Waals surface area contributed by atoms with Crippen LogP contribution in [-0.2, 0) is 9.09 Å². The molecule has 2 nitrogen and oxygen atoms in total. The molecule has 12 heavy (non-hydrogen) atoms. The third-order valence-corrected chi connectivity index (χ3v) is 4.38. The lowest BCUT2D eigenvalue weighted by Gasteiger charge is -2.10. The van der Waals surface area contributed by atoms with Gasteiger partial charge in [-0.05, 0) is 18.1 Å². The van der Waals surface area contributed by atoms with Crippen LogP contribution >= 0.6 is 19.1 Å². The predicted molar refractivity (Wildman–Crippen MR) is 57.0 cm³/mol. The van der Waals surface area contributed by atoms with Gasteiger partial charge >= 0.3 is 0 Å². The summed E-state index contributed by atoms with van der Waals surface area (Å²) >= 11 is 1.64. The van der Waals surface area contributed by atoms with Crippen molar-refractivity contribution in [1.29, 1.82) is 0 Å². The molecule has 0 saturated heterocycles. The van der Waals surface area contributed by atoms with Gasteiger partial charge in [0.25, 0.3) is 0 Å². The van der Waals surface area contributed by atoms with Gasteiger partial charge in [-0.2, -0.15) is 0 Å². The Morgan fingerprint density at radius 2 is 2.08 bits per heavy atom. The van der Waals surface area contributed by atoms with E-state index in [2.05, 4.69) is 6.92 Å². The van der Waals surface area contributed by atoms with Crippen LogP contribution in [0.2, 0.25) is 0 Å². The second kappa shape index (κ2) is 6.76. The Morgan fingerprint density at radius 1 is 1.42 bits per heavy atom. The van der Waals surface area contributed by atoms with Crippen LogP contribution in [0.5, 0.6) is 0 Å². The summed E-state index contributed by atoms with van der Waals surface area (Å²) in [7, 11) is -2.43. The second-order valence-corrected chi connectivity index (χ2v) is 6.02. The molecule has 0 bridgehead atoms. The van der Waals surface area contributed by atoms with Gasteiger partial charge in [-0.25, -0.2) is 0 Å². The summed E-state index contributed by atoms with van der Waals surface area (Å²) in [6.07, 6.45) is 0.585. The van der Waals surface area contributed by atoms with Crippen LogP contribution in [0.25, 0.3) is 0 Å². The van der Waals surface area contributed by atoms with Crippen molar-refractivity contribution in [2.45, 2.75) is 20.8 Å². The summed E-state index contributed by atoms with van der Waals surface area (Å²) in [5, 5.41) is 1.87. The van der Waals surface area contributed by atoms with Gasteiger partial charge < -0.3 is 4.52 Å². The first-order valence-corrected chi connectivity index (χ1v) is 7.14. The van der Waals surface area contributed by atoms with Crippen molar-refractivity contribution in [3.8, 4) is 0 Å². The molecule has 0 aromatic rings. The Morgan fingerprint density at radius 3 is 2.50 bits per heavy atom.